The largest absolute Gasteiger partial charge is 0.497 e. The molecule has 7 heteroatoms. The Morgan fingerprint density at radius 1 is 1.36 bits per heavy atom. The maximum absolute atomic E-state index is 12.0. The van der Waals surface area contributed by atoms with Crippen LogP contribution in [0.15, 0.2) is 0 Å². The standard InChI is InChI=1S/C7H12F3NO2S/c8-7(9,10)14(12,13)5-6-2-1-3-11-4-6/h6,11H,1-5H2. The second-order valence-corrected chi connectivity index (χ2v) is 5.47. The number of nitrogens with one attached hydrogen (secondary N) is 1. The van der Waals surface area contributed by atoms with E-state index in [-0.39, 0.29) is 0 Å². The maximum atomic E-state index is 12.0. The fraction of sp³-hybridized carbons (Fsp3) is 1.00. The minimum absolute atomic E-state index is 0.356. The lowest BCUT2D eigenvalue weighted by Crippen LogP contribution is -2.37. The van der Waals surface area contributed by atoms with Crippen molar-refractivity contribution in [1.82, 2.24) is 5.32 Å². The third kappa shape index (κ3) is 2.84. The van der Waals surface area contributed by atoms with E-state index in [1.807, 2.05) is 0 Å². The zero-order valence-corrected chi connectivity index (χ0v) is 8.29. The highest BCUT2D eigenvalue weighted by molar-refractivity contribution is 7.92. The highest BCUT2D eigenvalue weighted by atomic mass is 32.2. The zero-order chi connectivity index (χ0) is 10.8. The molecule has 84 valence electrons. The van der Waals surface area contributed by atoms with Crippen LogP contribution >= 0.6 is 0 Å². The van der Waals surface area contributed by atoms with Crippen molar-refractivity contribution in [2.45, 2.75) is 18.3 Å². The van der Waals surface area contributed by atoms with E-state index >= 15 is 0 Å². The lowest BCUT2D eigenvalue weighted by atomic mass is 10.0. The van der Waals surface area contributed by atoms with Crippen LogP contribution in [0, 0.1) is 5.92 Å². The van der Waals surface area contributed by atoms with E-state index in [2.05, 4.69) is 5.32 Å². The van der Waals surface area contributed by atoms with Gasteiger partial charge in [-0.3, -0.25) is 0 Å². The van der Waals surface area contributed by atoms with Crippen LogP contribution in [0.2, 0.25) is 0 Å². The number of piperidine rings is 1. The van der Waals surface area contributed by atoms with Crippen molar-refractivity contribution in [3.63, 3.8) is 0 Å². The van der Waals surface area contributed by atoms with Gasteiger partial charge in [0.25, 0.3) is 0 Å². The number of rotatable bonds is 2. The van der Waals surface area contributed by atoms with Crippen LogP contribution in [0.1, 0.15) is 12.8 Å². The Kier molecular flexibility index (Phi) is 3.41. The summed E-state index contributed by atoms with van der Waals surface area (Å²) < 4.78 is 57.5. The van der Waals surface area contributed by atoms with Crippen LogP contribution in [0.4, 0.5) is 13.2 Å². The molecule has 3 nitrogen and oxygen atoms in total. The molecule has 1 fully saturated rings. The Hall–Kier alpha value is -0.300. The quantitative estimate of drug-likeness (QED) is 0.768. The van der Waals surface area contributed by atoms with Gasteiger partial charge in [0, 0.05) is 0 Å². The first-order valence-electron chi connectivity index (χ1n) is 4.32. The third-order valence-electron chi connectivity index (χ3n) is 2.21. The minimum Gasteiger partial charge on any atom is -0.316 e. The van der Waals surface area contributed by atoms with Crippen molar-refractivity contribution in [3.05, 3.63) is 0 Å². The topological polar surface area (TPSA) is 46.2 Å². The predicted octanol–water partition coefficient (Wildman–Crippen LogP) is 0.921. The summed E-state index contributed by atoms with van der Waals surface area (Å²) in [4.78, 5) is 0. The highest BCUT2D eigenvalue weighted by Gasteiger charge is 2.46. The van der Waals surface area contributed by atoms with Crippen molar-refractivity contribution < 1.29 is 21.6 Å². The van der Waals surface area contributed by atoms with Crippen LogP contribution in [0.25, 0.3) is 0 Å². The molecule has 0 saturated carbocycles. The van der Waals surface area contributed by atoms with Gasteiger partial charge in [-0.2, -0.15) is 13.2 Å². The van der Waals surface area contributed by atoms with Crippen molar-refractivity contribution in [1.29, 1.82) is 0 Å². The molecule has 0 radical (unpaired) electrons. The molecule has 1 heterocycles. The van der Waals surface area contributed by atoms with E-state index in [1.54, 1.807) is 0 Å². The molecule has 0 aromatic heterocycles. The van der Waals surface area contributed by atoms with Crippen molar-refractivity contribution in [3.8, 4) is 0 Å². The molecule has 0 amide bonds. The maximum Gasteiger partial charge on any atom is 0.497 e. The van der Waals surface area contributed by atoms with Crippen molar-refractivity contribution in [2.24, 2.45) is 5.92 Å². The molecule has 1 aliphatic heterocycles. The molecular formula is C7H12F3NO2S. The van der Waals surface area contributed by atoms with Gasteiger partial charge in [0.1, 0.15) is 0 Å². The Labute approximate surface area is 80.6 Å². The molecule has 0 bridgehead atoms. The Morgan fingerprint density at radius 3 is 2.43 bits per heavy atom. The van der Waals surface area contributed by atoms with E-state index in [0.717, 1.165) is 13.0 Å². The van der Waals surface area contributed by atoms with Crippen LogP contribution in [0.3, 0.4) is 0 Å². The smallest absolute Gasteiger partial charge is 0.316 e. The number of alkyl halides is 3. The van der Waals surface area contributed by atoms with E-state index in [1.165, 1.54) is 0 Å². The molecule has 0 aliphatic carbocycles. The lowest BCUT2D eigenvalue weighted by molar-refractivity contribution is -0.0439. The average molecular weight is 231 g/mol. The van der Waals surface area contributed by atoms with E-state index in [4.69, 9.17) is 0 Å². The van der Waals surface area contributed by atoms with Crippen LogP contribution in [0.5, 0.6) is 0 Å². The van der Waals surface area contributed by atoms with Crippen LogP contribution in [-0.4, -0.2) is 32.8 Å². The molecule has 14 heavy (non-hydrogen) atoms. The monoisotopic (exact) mass is 231 g/mol. The first-order chi connectivity index (χ1) is 6.33. The molecule has 1 atom stereocenters. The Balaban J connectivity index is 2.58. The van der Waals surface area contributed by atoms with Gasteiger partial charge in [-0.15, -0.1) is 0 Å². The Morgan fingerprint density at radius 2 is 2.00 bits per heavy atom. The molecule has 0 aromatic rings. The number of halogens is 3. The second kappa shape index (κ2) is 4.06. The fourth-order valence-corrected chi connectivity index (χ4v) is 2.57. The number of hydrogen-bond donors (Lipinski definition) is 1. The molecule has 0 aromatic carbocycles. The molecule has 1 aliphatic rings. The third-order valence-corrected chi connectivity index (χ3v) is 3.82. The van der Waals surface area contributed by atoms with Gasteiger partial charge < -0.3 is 5.32 Å². The van der Waals surface area contributed by atoms with Crippen molar-refractivity contribution >= 4 is 9.84 Å². The first-order valence-corrected chi connectivity index (χ1v) is 5.98. The summed E-state index contributed by atoms with van der Waals surface area (Å²) in [6.45, 7) is 1.11. The van der Waals surface area contributed by atoms with E-state index in [0.29, 0.717) is 13.0 Å². The molecule has 1 unspecified atom stereocenters. The van der Waals surface area contributed by atoms with E-state index in [9.17, 15) is 21.6 Å². The van der Waals surface area contributed by atoms with Gasteiger partial charge in [0.2, 0.25) is 9.84 Å². The summed E-state index contributed by atoms with van der Waals surface area (Å²) in [5.41, 5.74) is -5.11. The van der Waals surface area contributed by atoms with Crippen LogP contribution in [-0.2, 0) is 9.84 Å². The molecule has 1 N–H and O–H groups in total. The number of hydrogen-bond acceptors (Lipinski definition) is 3. The van der Waals surface area contributed by atoms with Gasteiger partial charge in [-0.05, 0) is 31.8 Å². The normalized spacial score (nSPS) is 24.9. The Bertz CT molecular complexity index is 280. The SMILES string of the molecule is O=S(=O)(CC1CCCNC1)C(F)(F)F. The van der Waals surface area contributed by atoms with Crippen molar-refractivity contribution in [2.75, 3.05) is 18.8 Å². The molecular weight excluding hydrogens is 219 g/mol. The molecule has 1 saturated heterocycles. The summed E-state index contributed by atoms with van der Waals surface area (Å²) in [6.07, 6.45) is 1.28. The average Bonchev–Trinajstić information content (AvgIpc) is 2.03. The van der Waals surface area contributed by atoms with E-state index < -0.39 is 27.0 Å². The van der Waals surface area contributed by atoms with Gasteiger partial charge in [-0.25, -0.2) is 8.42 Å². The lowest BCUT2D eigenvalue weighted by Gasteiger charge is -2.22. The predicted molar refractivity (Wildman–Crippen MR) is 45.4 cm³/mol. The highest BCUT2D eigenvalue weighted by Crippen LogP contribution is 2.26. The first kappa shape index (κ1) is 11.8. The molecule has 0 spiro atoms. The van der Waals surface area contributed by atoms with Gasteiger partial charge in [0.15, 0.2) is 0 Å². The molecule has 1 rings (SSSR count). The van der Waals surface area contributed by atoms with Gasteiger partial charge >= 0.3 is 5.51 Å². The summed E-state index contributed by atoms with van der Waals surface area (Å²) in [6, 6.07) is 0. The second-order valence-electron chi connectivity index (χ2n) is 3.44. The summed E-state index contributed by atoms with van der Waals surface area (Å²) in [7, 11) is -4.94. The summed E-state index contributed by atoms with van der Waals surface area (Å²) >= 11 is 0. The summed E-state index contributed by atoms with van der Waals surface area (Å²) in [5.74, 6) is -1.20. The van der Waals surface area contributed by atoms with Gasteiger partial charge in [0.05, 0.1) is 5.75 Å². The minimum atomic E-state index is -5.11. The van der Waals surface area contributed by atoms with Gasteiger partial charge in [-0.1, -0.05) is 0 Å². The fourth-order valence-electron chi connectivity index (χ4n) is 1.47. The number of sulfone groups is 1. The zero-order valence-electron chi connectivity index (χ0n) is 7.47. The summed E-state index contributed by atoms with van der Waals surface area (Å²) in [5, 5.41) is 2.88. The van der Waals surface area contributed by atoms with Crippen LogP contribution < -0.4 is 5.32 Å².